The lowest BCUT2D eigenvalue weighted by Crippen LogP contribution is -2.36. The van der Waals surface area contributed by atoms with E-state index >= 15 is 0 Å². The Bertz CT molecular complexity index is 1030. The number of ether oxygens (including phenoxy) is 3. The number of hydrogen-bond donors (Lipinski definition) is 1. The highest BCUT2D eigenvalue weighted by atomic mass is 35.5. The highest BCUT2D eigenvalue weighted by Crippen LogP contribution is 2.33. The molecule has 10 heteroatoms. The number of carbonyl (C=O) groups is 2. The molecular formula is C23H29ClN4O5. The first kappa shape index (κ1) is 24.6. The monoisotopic (exact) mass is 476 g/mol. The molecule has 0 saturated carbocycles. The van der Waals surface area contributed by atoms with Crippen LogP contribution in [-0.4, -0.2) is 66.4 Å². The quantitative estimate of drug-likeness (QED) is 0.603. The van der Waals surface area contributed by atoms with Crippen LogP contribution in [0.3, 0.4) is 0 Å². The standard InChI is InChI=1S/C23H29ClN4O5/c1-6-17-21(15-9-8-14(31-4)10-16(15)24)25-18(7-2)22(26-17)27-19-11-28(23(30)32-5)12-20(19)33-13(3)29/h8-10,19-20H,6-7,11-12H2,1-5H3,(H,26,27)/t19-,20+/m1/s1. The number of amides is 1. The summed E-state index contributed by atoms with van der Waals surface area (Å²) < 4.78 is 15.5. The Morgan fingerprint density at radius 3 is 2.45 bits per heavy atom. The Hall–Kier alpha value is -3.07. The molecule has 1 saturated heterocycles. The summed E-state index contributed by atoms with van der Waals surface area (Å²) in [5.41, 5.74) is 3.01. The summed E-state index contributed by atoms with van der Waals surface area (Å²) in [4.78, 5) is 34.9. The highest BCUT2D eigenvalue weighted by molar-refractivity contribution is 6.33. The predicted molar refractivity (Wildman–Crippen MR) is 125 cm³/mol. The second-order valence-corrected chi connectivity index (χ2v) is 8.05. The van der Waals surface area contributed by atoms with E-state index in [1.165, 1.54) is 18.9 Å². The normalized spacial score (nSPS) is 17.6. The number of anilines is 1. The molecule has 0 aliphatic carbocycles. The van der Waals surface area contributed by atoms with Crippen molar-refractivity contribution in [1.82, 2.24) is 14.9 Å². The zero-order chi connectivity index (χ0) is 24.1. The number of aromatic nitrogens is 2. The summed E-state index contributed by atoms with van der Waals surface area (Å²) in [5, 5.41) is 3.89. The summed E-state index contributed by atoms with van der Waals surface area (Å²) in [7, 11) is 2.91. The number of aryl methyl sites for hydroxylation is 2. The number of nitrogens with one attached hydrogen (secondary N) is 1. The summed E-state index contributed by atoms with van der Waals surface area (Å²) in [5.74, 6) is 0.840. The second kappa shape index (κ2) is 10.7. The molecule has 1 fully saturated rings. The average molecular weight is 477 g/mol. The van der Waals surface area contributed by atoms with E-state index in [2.05, 4.69) is 5.32 Å². The molecule has 1 aromatic heterocycles. The van der Waals surface area contributed by atoms with Crippen molar-refractivity contribution in [2.45, 2.75) is 45.8 Å². The van der Waals surface area contributed by atoms with Crippen LogP contribution in [0, 0.1) is 0 Å². The molecule has 1 aliphatic heterocycles. The molecule has 1 N–H and O–H groups in total. The number of rotatable bonds is 7. The van der Waals surface area contributed by atoms with Crippen LogP contribution >= 0.6 is 11.6 Å². The van der Waals surface area contributed by atoms with Gasteiger partial charge in [-0.3, -0.25) is 4.79 Å². The Kier molecular flexibility index (Phi) is 7.97. The Morgan fingerprint density at radius 2 is 1.88 bits per heavy atom. The van der Waals surface area contributed by atoms with Gasteiger partial charge in [0, 0.05) is 19.0 Å². The fraction of sp³-hybridized carbons (Fsp3) is 0.478. The number of carbonyl (C=O) groups excluding carboxylic acids is 2. The van der Waals surface area contributed by atoms with Gasteiger partial charge in [-0.25, -0.2) is 14.8 Å². The fourth-order valence-electron chi connectivity index (χ4n) is 3.84. The molecule has 2 atom stereocenters. The fourth-order valence-corrected chi connectivity index (χ4v) is 4.10. The third-order valence-electron chi connectivity index (χ3n) is 5.48. The lowest BCUT2D eigenvalue weighted by Gasteiger charge is -2.22. The van der Waals surface area contributed by atoms with Gasteiger partial charge in [0.1, 0.15) is 17.7 Å². The van der Waals surface area contributed by atoms with Crippen LogP contribution in [0.25, 0.3) is 11.3 Å². The number of likely N-dealkylation sites (tertiary alicyclic amines) is 1. The van der Waals surface area contributed by atoms with E-state index in [1.54, 1.807) is 13.2 Å². The molecule has 1 aromatic carbocycles. The third-order valence-corrected chi connectivity index (χ3v) is 5.79. The number of benzene rings is 1. The third kappa shape index (κ3) is 5.47. The number of methoxy groups -OCH3 is 2. The molecule has 0 radical (unpaired) electrons. The summed E-state index contributed by atoms with van der Waals surface area (Å²) >= 11 is 6.51. The molecule has 0 spiro atoms. The molecule has 9 nitrogen and oxygen atoms in total. The average Bonchev–Trinajstić information content (AvgIpc) is 3.19. The maximum atomic E-state index is 12.0. The molecular weight excluding hydrogens is 448 g/mol. The molecule has 2 heterocycles. The minimum Gasteiger partial charge on any atom is -0.497 e. The SMILES string of the molecule is CCc1nc(-c2ccc(OC)cc2Cl)c(CC)nc1N[C@@H]1CN(C(=O)OC)C[C@@H]1OC(C)=O. The number of halogens is 1. The first-order valence-corrected chi connectivity index (χ1v) is 11.2. The van der Waals surface area contributed by atoms with Crippen molar-refractivity contribution in [1.29, 1.82) is 0 Å². The van der Waals surface area contributed by atoms with E-state index in [-0.39, 0.29) is 12.6 Å². The van der Waals surface area contributed by atoms with E-state index in [0.29, 0.717) is 41.7 Å². The minimum absolute atomic E-state index is 0.235. The number of esters is 1. The Labute approximate surface area is 198 Å². The lowest BCUT2D eigenvalue weighted by molar-refractivity contribution is -0.145. The zero-order valence-corrected chi connectivity index (χ0v) is 20.2. The van der Waals surface area contributed by atoms with Crippen LogP contribution in [0.5, 0.6) is 5.75 Å². The molecule has 1 aliphatic rings. The van der Waals surface area contributed by atoms with Crippen molar-refractivity contribution < 1.29 is 23.8 Å². The molecule has 1 amide bonds. The minimum atomic E-state index is -0.533. The van der Waals surface area contributed by atoms with Gasteiger partial charge in [0.2, 0.25) is 0 Å². The highest BCUT2D eigenvalue weighted by Gasteiger charge is 2.38. The van der Waals surface area contributed by atoms with Crippen molar-refractivity contribution in [3.63, 3.8) is 0 Å². The van der Waals surface area contributed by atoms with Gasteiger partial charge in [-0.2, -0.15) is 0 Å². The van der Waals surface area contributed by atoms with Gasteiger partial charge in [0.15, 0.2) is 0 Å². The first-order valence-electron chi connectivity index (χ1n) is 10.8. The van der Waals surface area contributed by atoms with E-state index in [9.17, 15) is 9.59 Å². The van der Waals surface area contributed by atoms with Crippen LogP contribution in [0.2, 0.25) is 5.02 Å². The van der Waals surface area contributed by atoms with Crippen molar-refractivity contribution >= 4 is 29.5 Å². The smallest absolute Gasteiger partial charge is 0.409 e. The van der Waals surface area contributed by atoms with Crippen LogP contribution in [0.1, 0.15) is 32.2 Å². The van der Waals surface area contributed by atoms with E-state index < -0.39 is 18.2 Å². The first-order chi connectivity index (χ1) is 15.8. The van der Waals surface area contributed by atoms with E-state index in [1.807, 2.05) is 26.0 Å². The van der Waals surface area contributed by atoms with Crippen LogP contribution < -0.4 is 10.1 Å². The summed E-state index contributed by atoms with van der Waals surface area (Å²) in [6.45, 7) is 5.87. The van der Waals surface area contributed by atoms with Gasteiger partial charge < -0.3 is 24.4 Å². The van der Waals surface area contributed by atoms with Gasteiger partial charge in [-0.1, -0.05) is 25.4 Å². The van der Waals surface area contributed by atoms with Gasteiger partial charge >= 0.3 is 12.1 Å². The van der Waals surface area contributed by atoms with Crippen LogP contribution in [0.15, 0.2) is 18.2 Å². The van der Waals surface area contributed by atoms with Crippen molar-refractivity contribution in [3.8, 4) is 17.0 Å². The second-order valence-electron chi connectivity index (χ2n) is 7.64. The molecule has 3 rings (SSSR count). The van der Waals surface area contributed by atoms with E-state index in [4.69, 9.17) is 35.8 Å². The predicted octanol–water partition coefficient (Wildman–Crippen LogP) is 3.72. The largest absolute Gasteiger partial charge is 0.497 e. The summed E-state index contributed by atoms with van der Waals surface area (Å²) in [6.07, 6.45) is 0.243. The molecule has 178 valence electrons. The van der Waals surface area contributed by atoms with Gasteiger partial charge in [0.25, 0.3) is 0 Å². The van der Waals surface area contributed by atoms with Crippen molar-refractivity contribution in [2.75, 3.05) is 32.6 Å². The van der Waals surface area contributed by atoms with Gasteiger partial charge in [0.05, 0.1) is 48.9 Å². The maximum Gasteiger partial charge on any atom is 0.409 e. The van der Waals surface area contributed by atoms with Gasteiger partial charge in [-0.05, 0) is 31.0 Å². The molecule has 0 bridgehead atoms. The lowest BCUT2D eigenvalue weighted by atomic mass is 10.1. The number of nitrogens with zero attached hydrogens (tertiary/aromatic N) is 3. The zero-order valence-electron chi connectivity index (χ0n) is 19.5. The number of hydrogen-bond acceptors (Lipinski definition) is 8. The van der Waals surface area contributed by atoms with Crippen molar-refractivity contribution in [2.24, 2.45) is 0 Å². The Balaban J connectivity index is 1.96. The van der Waals surface area contributed by atoms with Crippen LogP contribution in [-0.2, 0) is 27.1 Å². The Morgan fingerprint density at radius 1 is 1.15 bits per heavy atom. The molecule has 0 unspecified atom stereocenters. The van der Waals surface area contributed by atoms with Gasteiger partial charge in [-0.15, -0.1) is 0 Å². The molecule has 33 heavy (non-hydrogen) atoms. The topological polar surface area (TPSA) is 103 Å². The van der Waals surface area contributed by atoms with E-state index in [0.717, 1.165) is 17.0 Å². The van der Waals surface area contributed by atoms with Crippen molar-refractivity contribution in [3.05, 3.63) is 34.6 Å². The maximum absolute atomic E-state index is 12.0. The van der Waals surface area contributed by atoms with Crippen LogP contribution in [0.4, 0.5) is 10.6 Å². The molecule has 2 aromatic rings. The summed E-state index contributed by atoms with van der Waals surface area (Å²) in [6, 6.07) is 5.11.